The number of carbonyl (C=O) groups excluding carboxylic acids is 1. The van der Waals surface area contributed by atoms with Gasteiger partial charge in [0.25, 0.3) is 0 Å². The Kier molecular flexibility index (Phi) is 4.59. The summed E-state index contributed by atoms with van der Waals surface area (Å²) in [6, 6.07) is 6.90. The zero-order valence-electron chi connectivity index (χ0n) is 12.9. The van der Waals surface area contributed by atoms with E-state index in [9.17, 15) is 22.8 Å². The number of rotatable bonds is 3. The fourth-order valence-electron chi connectivity index (χ4n) is 2.97. The number of carboxylic acids is 1. The minimum Gasteiger partial charge on any atom is -0.481 e. The first-order valence-electron chi connectivity index (χ1n) is 7.54. The molecule has 134 valence electrons. The molecular formula is C16H15F3N2O3S. The van der Waals surface area contributed by atoms with Crippen LogP contribution in [0.5, 0.6) is 0 Å². The van der Waals surface area contributed by atoms with E-state index in [2.05, 4.69) is 5.32 Å². The number of alkyl halides is 3. The fraction of sp³-hybridized carbons (Fsp3) is 0.375. The van der Waals surface area contributed by atoms with Gasteiger partial charge in [0, 0.05) is 24.3 Å². The summed E-state index contributed by atoms with van der Waals surface area (Å²) in [6.45, 7) is -0.930. The molecule has 3 rings (SSSR count). The first-order chi connectivity index (χ1) is 11.8. The van der Waals surface area contributed by atoms with Gasteiger partial charge in [-0.25, -0.2) is 4.79 Å². The maximum atomic E-state index is 13.0. The summed E-state index contributed by atoms with van der Waals surface area (Å²) < 4.78 is 40.0. The highest BCUT2D eigenvalue weighted by Gasteiger charge is 2.53. The van der Waals surface area contributed by atoms with Gasteiger partial charge in [-0.1, -0.05) is 6.07 Å². The van der Waals surface area contributed by atoms with Crippen molar-refractivity contribution in [3.63, 3.8) is 0 Å². The van der Waals surface area contributed by atoms with Crippen molar-refractivity contribution in [1.29, 1.82) is 0 Å². The maximum Gasteiger partial charge on any atom is 0.394 e. The Labute approximate surface area is 145 Å². The molecule has 2 N–H and O–H groups in total. The average Bonchev–Trinajstić information content (AvgIpc) is 3.18. The lowest BCUT2D eigenvalue weighted by atomic mass is 9.96. The molecule has 1 aliphatic heterocycles. The molecule has 0 unspecified atom stereocenters. The van der Waals surface area contributed by atoms with E-state index in [4.69, 9.17) is 5.11 Å². The SMILES string of the molecule is O=C(O)[C@@H]1CN(C(=O)NCc2ccc3sccc3c2)C[C@H]1C(F)(F)F. The van der Waals surface area contributed by atoms with Gasteiger partial charge < -0.3 is 15.3 Å². The maximum absolute atomic E-state index is 13.0. The molecule has 0 spiro atoms. The number of nitrogens with zero attached hydrogens (tertiary/aromatic N) is 1. The number of amides is 2. The molecule has 9 heteroatoms. The Balaban J connectivity index is 1.64. The molecule has 25 heavy (non-hydrogen) atoms. The van der Waals surface area contributed by atoms with Crippen LogP contribution in [0.4, 0.5) is 18.0 Å². The van der Waals surface area contributed by atoms with Crippen LogP contribution in [-0.4, -0.2) is 41.3 Å². The van der Waals surface area contributed by atoms with Crippen LogP contribution in [0, 0.1) is 11.8 Å². The number of carboxylic acid groups (broad SMARTS) is 1. The van der Waals surface area contributed by atoms with Gasteiger partial charge in [0.15, 0.2) is 0 Å². The predicted molar refractivity (Wildman–Crippen MR) is 86.3 cm³/mol. The van der Waals surface area contributed by atoms with E-state index in [-0.39, 0.29) is 6.54 Å². The third-order valence-corrected chi connectivity index (χ3v) is 5.20. The summed E-state index contributed by atoms with van der Waals surface area (Å²) in [6.07, 6.45) is -4.65. The number of nitrogens with one attached hydrogen (secondary N) is 1. The van der Waals surface area contributed by atoms with Crippen LogP contribution in [0.2, 0.25) is 0 Å². The van der Waals surface area contributed by atoms with E-state index in [1.807, 2.05) is 29.6 Å². The zero-order valence-corrected chi connectivity index (χ0v) is 13.7. The predicted octanol–water partition coefficient (Wildman–Crippen LogP) is 3.31. The van der Waals surface area contributed by atoms with E-state index < -0.39 is 43.1 Å². The molecule has 0 aliphatic carbocycles. The van der Waals surface area contributed by atoms with Gasteiger partial charge in [0.1, 0.15) is 0 Å². The molecule has 2 atom stereocenters. The lowest BCUT2D eigenvalue weighted by molar-refractivity contribution is -0.187. The second-order valence-electron chi connectivity index (χ2n) is 5.95. The summed E-state index contributed by atoms with van der Waals surface area (Å²) in [4.78, 5) is 24.1. The highest BCUT2D eigenvalue weighted by molar-refractivity contribution is 7.17. The number of benzene rings is 1. The summed E-state index contributed by atoms with van der Waals surface area (Å²) in [5, 5.41) is 14.5. The van der Waals surface area contributed by atoms with Crippen molar-refractivity contribution >= 4 is 33.4 Å². The van der Waals surface area contributed by atoms with Gasteiger partial charge >= 0.3 is 18.2 Å². The number of urea groups is 1. The third kappa shape index (κ3) is 3.71. The van der Waals surface area contributed by atoms with Crippen LogP contribution >= 0.6 is 11.3 Å². The number of hydrogen-bond acceptors (Lipinski definition) is 3. The normalized spacial score (nSPS) is 20.8. The Morgan fingerprint density at radius 3 is 2.68 bits per heavy atom. The van der Waals surface area contributed by atoms with Crippen LogP contribution in [-0.2, 0) is 11.3 Å². The Hall–Kier alpha value is -2.29. The molecule has 2 amide bonds. The van der Waals surface area contributed by atoms with Gasteiger partial charge in [-0.2, -0.15) is 13.2 Å². The molecule has 1 aliphatic rings. The minimum atomic E-state index is -4.65. The average molecular weight is 372 g/mol. The van der Waals surface area contributed by atoms with E-state index in [1.165, 1.54) is 0 Å². The van der Waals surface area contributed by atoms with Crippen molar-refractivity contribution in [2.45, 2.75) is 12.7 Å². The number of hydrogen-bond donors (Lipinski definition) is 2. The van der Waals surface area contributed by atoms with Crippen LogP contribution in [0.15, 0.2) is 29.6 Å². The van der Waals surface area contributed by atoms with Crippen molar-refractivity contribution in [3.8, 4) is 0 Å². The molecule has 5 nitrogen and oxygen atoms in total. The molecule has 1 fully saturated rings. The first kappa shape index (κ1) is 17.5. The largest absolute Gasteiger partial charge is 0.481 e. The number of aliphatic carboxylic acids is 1. The minimum absolute atomic E-state index is 0.162. The summed E-state index contributed by atoms with van der Waals surface area (Å²) >= 11 is 1.59. The highest BCUT2D eigenvalue weighted by Crippen LogP contribution is 2.37. The molecular weight excluding hydrogens is 357 g/mol. The Morgan fingerprint density at radius 1 is 1.28 bits per heavy atom. The number of thiophene rings is 1. The summed E-state index contributed by atoms with van der Waals surface area (Å²) in [7, 11) is 0. The molecule has 0 bridgehead atoms. The smallest absolute Gasteiger partial charge is 0.394 e. The molecule has 0 saturated carbocycles. The number of likely N-dealkylation sites (tertiary alicyclic amines) is 1. The lowest BCUT2D eigenvalue weighted by Gasteiger charge is -2.18. The zero-order chi connectivity index (χ0) is 18.2. The van der Waals surface area contributed by atoms with Crippen LogP contribution in [0.25, 0.3) is 10.1 Å². The molecule has 1 saturated heterocycles. The summed E-state index contributed by atoms with van der Waals surface area (Å²) in [5.74, 6) is -5.22. The monoisotopic (exact) mass is 372 g/mol. The van der Waals surface area contributed by atoms with E-state index in [0.29, 0.717) is 0 Å². The molecule has 1 aromatic heterocycles. The van der Waals surface area contributed by atoms with E-state index in [1.54, 1.807) is 11.3 Å². The van der Waals surface area contributed by atoms with Crippen molar-refractivity contribution in [1.82, 2.24) is 10.2 Å². The standard InChI is InChI=1S/C16H15F3N2O3S/c17-16(18,19)12-8-21(7-11(12)14(22)23)15(24)20-6-9-1-2-13-10(5-9)3-4-25-13/h1-5,11-12H,6-8H2,(H,20,24)(H,22,23)/t11-,12-/m1/s1. The van der Waals surface area contributed by atoms with Crippen molar-refractivity contribution < 1.29 is 27.9 Å². The van der Waals surface area contributed by atoms with Gasteiger partial charge in [-0.05, 0) is 34.5 Å². The summed E-state index contributed by atoms with van der Waals surface area (Å²) in [5.41, 5.74) is 0.820. The van der Waals surface area contributed by atoms with Crippen molar-refractivity contribution in [3.05, 3.63) is 35.2 Å². The van der Waals surface area contributed by atoms with Crippen molar-refractivity contribution in [2.24, 2.45) is 11.8 Å². The number of halogens is 3. The van der Waals surface area contributed by atoms with Gasteiger partial charge in [-0.15, -0.1) is 11.3 Å². The third-order valence-electron chi connectivity index (χ3n) is 4.31. The topological polar surface area (TPSA) is 69.6 Å². The van der Waals surface area contributed by atoms with Gasteiger partial charge in [0.2, 0.25) is 0 Å². The molecule has 2 heterocycles. The van der Waals surface area contributed by atoms with Crippen LogP contribution in [0.3, 0.4) is 0 Å². The van der Waals surface area contributed by atoms with Crippen LogP contribution < -0.4 is 5.32 Å². The lowest BCUT2D eigenvalue weighted by Crippen LogP contribution is -2.39. The fourth-order valence-corrected chi connectivity index (χ4v) is 3.74. The van der Waals surface area contributed by atoms with Crippen molar-refractivity contribution in [2.75, 3.05) is 13.1 Å². The number of carbonyl (C=O) groups is 2. The number of fused-ring (bicyclic) bond motifs is 1. The molecule has 2 aromatic rings. The second-order valence-corrected chi connectivity index (χ2v) is 6.90. The van der Waals surface area contributed by atoms with E-state index >= 15 is 0 Å². The van der Waals surface area contributed by atoms with Gasteiger partial charge in [-0.3, -0.25) is 4.79 Å². The quantitative estimate of drug-likeness (QED) is 0.869. The van der Waals surface area contributed by atoms with Gasteiger partial charge in [0.05, 0.1) is 11.8 Å². The second kappa shape index (κ2) is 6.55. The first-order valence-corrected chi connectivity index (χ1v) is 8.42. The molecule has 0 radical (unpaired) electrons. The van der Waals surface area contributed by atoms with Crippen LogP contribution in [0.1, 0.15) is 5.56 Å². The molecule has 1 aromatic carbocycles. The Morgan fingerprint density at radius 2 is 2.04 bits per heavy atom. The van der Waals surface area contributed by atoms with E-state index in [0.717, 1.165) is 20.5 Å². The Bertz CT molecular complexity index is 805. The highest BCUT2D eigenvalue weighted by atomic mass is 32.1.